The molecule has 0 saturated heterocycles. The van der Waals surface area contributed by atoms with Crippen LogP contribution in [0.5, 0.6) is 11.5 Å². The molecule has 1 aromatic heterocycles. The molecule has 0 unspecified atom stereocenters. The van der Waals surface area contributed by atoms with Crippen molar-refractivity contribution in [3.63, 3.8) is 0 Å². The zero-order valence-corrected chi connectivity index (χ0v) is 27.7. The minimum Gasteiger partial charge on any atom is -0.487 e. The molecule has 12 heteroatoms. The first kappa shape index (κ1) is 39.3. The second-order valence-corrected chi connectivity index (χ2v) is 13.1. The van der Waals surface area contributed by atoms with Crippen LogP contribution in [0.1, 0.15) is 108 Å². The molecule has 0 bridgehead atoms. The van der Waals surface area contributed by atoms with Gasteiger partial charge in [-0.1, -0.05) is 102 Å². The van der Waals surface area contributed by atoms with Crippen LogP contribution in [0, 0.1) is 0 Å². The highest BCUT2D eigenvalue weighted by Gasteiger charge is 2.28. The van der Waals surface area contributed by atoms with Gasteiger partial charge in [-0.2, -0.15) is 13.2 Å². The Bertz CT molecular complexity index is 1200. The van der Waals surface area contributed by atoms with Crippen LogP contribution in [0.2, 0.25) is 0 Å². The van der Waals surface area contributed by atoms with E-state index in [1.54, 1.807) is 24.3 Å². The Morgan fingerprint density at radius 3 is 2.04 bits per heavy atom. The number of hydrogen-bond donors (Lipinski definition) is 3. The Morgan fingerprint density at radius 1 is 0.891 bits per heavy atom. The zero-order valence-electron chi connectivity index (χ0n) is 26.9. The number of nitrogens with one attached hydrogen (secondary N) is 1. The number of aromatic nitrogens is 1. The predicted octanol–water partition coefficient (Wildman–Crippen LogP) is 8.80. The summed E-state index contributed by atoms with van der Waals surface area (Å²) in [5.41, 5.74) is 1.19. The van der Waals surface area contributed by atoms with Crippen molar-refractivity contribution in [3.8, 4) is 11.5 Å². The Kier molecular flexibility index (Phi) is 18.6. The molecule has 0 fully saturated rings. The van der Waals surface area contributed by atoms with Crippen molar-refractivity contribution >= 4 is 13.5 Å². The molecule has 0 aliphatic carbocycles. The smallest absolute Gasteiger partial charge is 0.422 e. The molecule has 3 N–H and O–H groups in total. The molecule has 8 nitrogen and oxygen atoms in total. The third kappa shape index (κ3) is 20.3. The summed E-state index contributed by atoms with van der Waals surface area (Å²) >= 11 is 0. The Balaban J connectivity index is 1.75. The van der Waals surface area contributed by atoms with Crippen LogP contribution in [0.4, 0.5) is 13.2 Å². The van der Waals surface area contributed by atoms with Crippen molar-refractivity contribution in [2.24, 2.45) is 0 Å². The van der Waals surface area contributed by atoms with E-state index in [-0.39, 0.29) is 18.3 Å². The summed E-state index contributed by atoms with van der Waals surface area (Å²) in [7, 11) is -4.40. The van der Waals surface area contributed by atoms with Crippen molar-refractivity contribution in [2.75, 3.05) is 6.61 Å². The average Bonchev–Trinajstić information content (AvgIpc) is 3.00. The maximum atomic E-state index is 12.6. The number of benzene rings is 1. The molecule has 258 valence electrons. The summed E-state index contributed by atoms with van der Waals surface area (Å²) in [6, 6.07) is 9.01. The van der Waals surface area contributed by atoms with E-state index in [0.29, 0.717) is 24.3 Å². The van der Waals surface area contributed by atoms with Crippen LogP contribution >= 0.6 is 7.60 Å². The van der Waals surface area contributed by atoms with Gasteiger partial charge in [-0.05, 0) is 36.6 Å². The fourth-order valence-corrected chi connectivity index (χ4v) is 5.32. The van der Waals surface area contributed by atoms with Gasteiger partial charge >= 0.3 is 13.8 Å². The van der Waals surface area contributed by atoms with Gasteiger partial charge in [0.25, 0.3) is 0 Å². The van der Waals surface area contributed by atoms with Gasteiger partial charge in [0, 0.05) is 24.5 Å². The number of unbranched alkanes of at least 4 members (excludes halogenated alkanes) is 12. The molecule has 2 aromatic rings. The monoisotopic (exact) mass is 670 g/mol. The molecule has 1 heterocycles. The summed E-state index contributed by atoms with van der Waals surface area (Å²) in [4.78, 5) is 35.3. The van der Waals surface area contributed by atoms with Crippen LogP contribution in [0.15, 0.2) is 54.5 Å². The molecule has 1 amide bonds. The lowest BCUT2D eigenvalue weighted by Gasteiger charge is -2.16. The molecule has 0 spiro atoms. The largest absolute Gasteiger partial charge is 0.487 e. The van der Waals surface area contributed by atoms with E-state index in [2.05, 4.69) is 17.2 Å². The summed E-state index contributed by atoms with van der Waals surface area (Å²) in [5.74, 6) is 1.16. The van der Waals surface area contributed by atoms with Gasteiger partial charge in [-0.3, -0.25) is 14.3 Å². The maximum Gasteiger partial charge on any atom is 0.422 e. The number of pyridine rings is 1. The number of hydrogen-bond acceptors (Lipinski definition) is 5. The van der Waals surface area contributed by atoms with E-state index >= 15 is 0 Å². The molecule has 0 aliphatic heterocycles. The van der Waals surface area contributed by atoms with E-state index in [0.717, 1.165) is 30.6 Å². The number of nitrogens with zero attached hydrogens (tertiary/aromatic N) is 1. The summed E-state index contributed by atoms with van der Waals surface area (Å²) in [6.07, 6.45) is 14.6. The molecular formula is C34H50F3N2O6P. The Hall–Kier alpha value is -2.88. The minimum atomic E-state index is -4.44. The van der Waals surface area contributed by atoms with Gasteiger partial charge < -0.3 is 24.6 Å². The second kappa shape index (κ2) is 21.8. The predicted molar refractivity (Wildman–Crippen MR) is 174 cm³/mol. The van der Waals surface area contributed by atoms with Crippen molar-refractivity contribution in [1.82, 2.24) is 10.3 Å². The number of rotatable bonds is 24. The van der Waals surface area contributed by atoms with E-state index in [1.807, 2.05) is 0 Å². The van der Waals surface area contributed by atoms with Crippen LogP contribution in [0.3, 0.4) is 0 Å². The van der Waals surface area contributed by atoms with Crippen molar-refractivity contribution in [3.05, 3.63) is 65.7 Å². The standard InChI is InChI=1S/C34H50F3N2O6P/c1-2-3-4-5-6-7-8-9-10-11-12-13-14-15-33(40)39-29(21-23-46(41,42)43)24-28-16-18-31(19-17-28)44-26-30-25-32(20-22-38-30)45-27-34(35,36)37/h16-23,25,29H,2-15,24,26-27H2,1H3,(H,39,40)(H2,41,42,43)/b23-21+/t29-/m1/s1. The number of ether oxygens (including phenoxy) is 2. The van der Waals surface area contributed by atoms with Gasteiger partial charge in [0.15, 0.2) is 6.61 Å². The van der Waals surface area contributed by atoms with Gasteiger partial charge in [0.2, 0.25) is 5.91 Å². The summed E-state index contributed by atoms with van der Waals surface area (Å²) in [5, 5.41) is 2.88. The van der Waals surface area contributed by atoms with E-state index < -0.39 is 26.4 Å². The lowest BCUT2D eigenvalue weighted by Crippen LogP contribution is -2.34. The normalized spacial score (nSPS) is 12.7. The maximum absolute atomic E-state index is 12.6. The number of halogens is 3. The molecule has 1 aromatic carbocycles. The molecule has 2 rings (SSSR count). The van der Waals surface area contributed by atoms with Crippen molar-refractivity contribution < 1.29 is 41.8 Å². The lowest BCUT2D eigenvalue weighted by molar-refractivity contribution is -0.153. The third-order valence-electron chi connectivity index (χ3n) is 7.32. The highest BCUT2D eigenvalue weighted by atomic mass is 31.2. The second-order valence-electron chi connectivity index (χ2n) is 11.6. The van der Waals surface area contributed by atoms with Gasteiger partial charge in [0.1, 0.15) is 18.1 Å². The Labute approximate surface area is 271 Å². The quantitative estimate of drug-likeness (QED) is 0.0755. The zero-order chi connectivity index (χ0) is 33.7. The van der Waals surface area contributed by atoms with Gasteiger partial charge in [0.05, 0.1) is 11.7 Å². The van der Waals surface area contributed by atoms with Crippen LogP contribution in [0.25, 0.3) is 0 Å². The number of carbonyl (C=O) groups excluding carboxylic acids is 1. The highest BCUT2D eigenvalue weighted by molar-refractivity contribution is 7.55. The molecule has 0 saturated carbocycles. The topological polar surface area (TPSA) is 118 Å². The van der Waals surface area contributed by atoms with Crippen LogP contribution in [-0.4, -0.2) is 39.5 Å². The fourth-order valence-electron chi connectivity index (χ4n) is 4.89. The van der Waals surface area contributed by atoms with E-state index in [9.17, 15) is 32.3 Å². The lowest BCUT2D eigenvalue weighted by atomic mass is 10.0. The van der Waals surface area contributed by atoms with Gasteiger partial charge in [-0.15, -0.1) is 0 Å². The number of alkyl halides is 3. The molecule has 0 radical (unpaired) electrons. The molecule has 1 atom stereocenters. The van der Waals surface area contributed by atoms with Crippen molar-refractivity contribution in [2.45, 2.75) is 122 Å². The van der Waals surface area contributed by atoms with E-state index in [4.69, 9.17) is 9.47 Å². The van der Waals surface area contributed by atoms with Crippen LogP contribution < -0.4 is 14.8 Å². The highest BCUT2D eigenvalue weighted by Crippen LogP contribution is 2.36. The van der Waals surface area contributed by atoms with E-state index in [1.165, 1.54) is 88.6 Å². The van der Waals surface area contributed by atoms with Gasteiger partial charge in [-0.25, -0.2) is 0 Å². The first-order valence-corrected chi connectivity index (χ1v) is 18.0. The first-order chi connectivity index (χ1) is 21.9. The molecule has 46 heavy (non-hydrogen) atoms. The number of amides is 1. The third-order valence-corrected chi connectivity index (χ3v) is 7.88. The SMILES string of the molecule is CCCCCCCCCCCCCCCC(=O)N[C@H](/C=C/P(=O)(O)O)Cc1ccc(OCc2cc(OCC(F)(F)F)ccn2)cc1. The molecular weight excluding hydrogens is 620 g/mol. The minimum absolute atomic E-state index is 0.00542. The van der Waals surface area contributed by atoms with Crippen LogP contribution in [-0.2, 0) is 22.4 Å². The average molecular weight is 671 g/mol. The Morgan fingerprint density at radius 2 is 1.48 bits per heavy atom. The fraction of sp³-hybridized carbons (Fsp3) is 0.588. The van der Waals surface area contributed by atoms with Crippen molar-refractivity contribution in [1.29, 1.82) is 0 Å². The molecule has 0 aliphatic rings. The summed E-state index contributed by atoms with van der Waals surface area (Å²) < 4.78 is 59.1. The summed E-state index contributed by atoms with van der Waals surface area (Å²) in [6.45, 7) is 0.839. The first-order valence-electron chi connectivity index (χ1n) is 16.3. The number of carbonyl (C=O) groups is 1.